The Morgan fingerprint density at radius 1 is 1.20 bits per heavy atom. The molecule has 1 amide bonds. The fourth-order valence-electron chi connectivity index (χ4n) is 2.81. The number of hydrogen-bond donors (Lipinski definition) is 0. The highest BCUT2D eigenvalue weighted by molar-refractivity contribution is 5.94. The fourth-order valence-corrected chi connectivity index (χ4v) is 2.81. The van der Waals surface area contributed by atoms with Gasteiger partial charge in [-0.3, -0.25) is 14.2 Å². The van der Waals surface area contributed by atoms with E-state index in [1.807, 2.05) is 0 Å². The first kappa shape index (κ1) is 21.3. The Morgan fingerprint density at radius 2 is 1.93 bits per heavy atom. The molecular weight excluding hydrogens is 406 g/mol. The van der Waals surface area contributed by atoms with Crippen LogP contribution >= 0.6 is 0 Å². The van der Waals surface area contributed by atoms with Crippen molar-refractivity contribution in [1.29, 1.82) is 0 Å². The largest absolute Gasteiger partial charge is 0.417 e. The molecule has 0 saturated carbocycles. The molecular formula is C18H17F4N7O. The zero-order chi connectivity index (χ0) is 21.7. The van der Waals surface area contributed by atoms with Crippen molar-refractivity contribution in [3.8, 4) is 5.95 Å². The summed E-state index contributed by atoms with van der Waals surface area (Å²) >= 11 is 0. The van der Waals surface area contributed by atoms with E-state index in [9.17, 15) is 22.4 Å². The molecule has 3 aromatic rings. The summed E-state index contributed by atoms with van der Waals surface area (Å²) in [6, 6.07) is 1.57. The summed E-state index contributed by atoms with van der Waals surface area (Å²) < 4.78 is 53.2. The maximum atomic E-state index is 13.0. The SMILES string of the molecule is CC(c1ncnn1-c1ncccn1)N(CCCF)C(=O)c1cncc(C(F)(F)F)c1. The second-order valence-electron chi connectivity index (χ2n) is 6.26. The molecule has 158 valence electrons. The van der Waals surface area contributed by atoms with Crippen LogP contribution in [0.4, 0.5) is 17.6 Å². The molecule has 0 aromatic carbocycles. The molecule has 3 aromatic heterocycles. The van der Waals surface area contributed by atoms with Crippen LogP contribution in [0.3, 0.4) is 0 Å². The summed E-state index contributed by atoms with van der Waals surface area (Å²) in [6.07, 6.45) is 1.26. The zero-order valence-electron chi connectivity index (χ0n) is 15.8. The highest BCUT2D eigenvalue weighted by Gasteiger charge is 2.33. The van der Waals surface area contributed by atoms with Gasteiger partial charge in [-0.1, -0.05) is 0 Å². The Bertz CT molecular complexity index is 993. The van der Waals surface area contributed by atoms with Crippen molar-refractivity contribution in [2.75, 3.05) is 13.2 Å². The number of halogens is 4. The molecule has 0 fully saturated rings. The Labute approximate surface area is 168 Å². The highest BCUT2D eigenvalue weighted by Crippen LogP contribution is 2.30. The van der Waals surface area contributed by atoms with E-state index in [1.165, 1.54) is 28.3 Å². The van der Waals surface area contributed by atoms with E-state index < -0.39 is 30.4 Å². The standard InChI is InChI=1S/C18H17F4N7O/c1-12(15-26-11-27-29(15)17-24-5-3-6-25-17)28(7-2-4-19)16(30)13-8-14(10-23-9-13)18(20,21)22/h3,5-6,8-12H,2,4,7H2,1H3. The van der Waals surface area contributed by atoms with E-state index in [0.717, 1.165) is 12.3 Å². The van der Waals surface area contributed by atoms with Crippen LogP contribution in [0.1, 0.15) is 41.1 Å². The van der Waals surface area contributed by atoms with Crippen LogP contribution in [0.2, 0.25) is 0 Å². The minimum atomic E-state index is -4.65. The van der Waals surface area contributed by atoms with Crippen molar-refractivity contribution in [2.24, 2.45) is 0 Å². The molecule has 0 bridgehead atoms. The van der Waals surface area contributed by atoms with Gasteiger partial charge in [-0.25, -0.2) is 15.0 Å². The van der Waals surface area contributed by atoms with Crippen LogP contribution in [0, 0.1) is 0 Å². The number of amides is 1. The van der Waals surface area contributed by atoms with Crippen LogP contribution < -0.4 is 0 Å². The fraction of sp³-hybridized carbons (Fsp3) is 0.333. The first-order valence-corrected chi connectivity index (χ1v) is 8.89. The lowest BCUT2D eigenvalue weighted by atomic mass is 10.1. The average Bonchev–Trinajstić information content (AvgIpc) is 3.24. The van der Waals surface area contributed by atoms with Gasteiger partial charge in [-0.05, 0) is 25.5 Å². The maximum absolute atomic E-state index is 13.0. The highest BCUT2D eigenvalue weighted by atomic mass is 19.4. The zero-order valence-corrected chi connectivity index (χ0v) is 15.8. The van der Waals surface area contributed by atoms with Crippen LogP contribution in [-0.4, -0.2) is 53.7 Å². The van der Waals surface area contributed by atoms with Crippen LogP contribution in [-0.2, 0) is 6.18 Å². The Kier molecular flexibility index (Phi) is 6.33. The molecule has 0 aliphatic carbocycles. The van der Waals surface area contributed by atoms with Crippen molar-refractivity contribution in [1.82, 2.24) is 34.6 Å². The Morgan fingerprint density at radius 3 is 2.60 bits per heavy atom. The van der Waals surface area contributed by atoms with E-state index in [-0.39, 0.29) is 30.3 Å². The summed E-state index contributed by atoms with van der Waals surface area (Å²) in [7, 11) is 0. The number of nitrogens with zero attached hydrogens (tertiary/aromatic N) is 7. The van der Waals surface area contributed by atoms with Crippen molar-refractivity contribution in [3.05, 3.63) is 60.2 Å². The lowest BCUT2D eigenvalue weighted by Gasteiger charge is -2.28. The molecule has 0 radical (unpaired) electrons. The number of rotatable bonds is 7. The third-order valence-corrected chi connectivity index (χ3v) is 4.26. The normalized spacial score (nSPS) is 12.6. The summed E-state index contributed by atoms with van der Waals surface area (Å²) in [6.45, 7) is 0.863. The number of alkyl halides is 4. The number of carbonyl (C=O) groups excluding carboxylic acids is 1. The third kappa shape index (κ3) is 4.58. The third-order valence-electron chi connectivity index (χ3n) is 4.26. The van der Waals surface area contributed by atoms with Crippen molar-refractivity contribution >= 4 is 5.91 Å². The maximum Gasteiger partial charge on any atom is 0.417 e. The van der Waals surface area contributed by atoms with Crippen LogP contribution in [0.15, 0.2) is 43.2 Å². The monoisotopic (exact) mass is 423 g/mol. The molecule has 1 atom stereocenters. The van der Waals surface area contributed by atoms with Gasteiger partial charge >= 0.3 is 6.18 Å². The van der Waals surface area contributed by atoms with Gasteiger partial charge in [0.1, 0.15) is 6.33 Å². The molecule has 0 spiro atoms. The van der Waals surface area contributed by atoms with E-state index in [1.54, 1.807) is 13.0 Å². The Hall–Kier alpha value is -3.44. The van der Waals surface area contributed by atoms with E-state index in [4.69, 9.17) is 0 Å². The second kappa shape index (κ2) is 8.93. The second-order valence-corrected chi connectivity index (χ2v) is 6.26. The van der Waals surface area contributed by atoms with Gasteiger partial charge < -0.3 is 4.90 Å². The van der Waals surface area contributed by atoms with Crippen LogP contribution in [0.5, 0.6) is 0 Å². The van der Waals surface area contributed by atoms with Crippen molar-refractivity contribution in [3.63, 3.8) is 0 Å². The number of hydrogen-bond acceptors (Lipinski definition) is 6. The lowest BCUT2D eigenvalue weighted by molar-refractivity contribution is -0.137. The molecule has 3 rings (SSSR count). The minimum absolute atomic E-state index is 0.00154. The average molecular weight is 423 g/mol. The molecule has 0 aliphatic heterocycles. The van der Waals surface area contributed by atoms with E-state index in [0.29, 0.717) is 6.20 Å². The summed E-state index contributed by atoms with van der Waals surface area (Å²) in [5.74, 6) is -0.262. The lowest BCUT2D eigenvalue weighted by Crippen LogP contribution is -2.36. The molecule has 12 heteroatoms. The number of pyridine rings is 1. The van der Waals surface area contributed by atoms with E-state index >= 15 is 0 Å². The Balaban J connectivity index is 1.96. The van der Waals surface area contributed by atoms with Gasteiger partial charge in [-0.2, -0.15) is 23.0 Å². The first-order chi connectivity index (χ1) is 14.3. The molecule has 30 heavy (non-hydrogen) atoms. The molecule has 0 N–H and O–H groups in total. The quantitative estimate of drug-likeness (QED) is 0.543. The molecule has 0 saturated heterocycles. The van der Waals surface area contributed by atoms with Crippen LogP contribution in [0.25, 0.3) is 5.95 Å². The first-order valence-electron chi connectivity index (χ1n) is 8.89. The van der Waals surface area contributed by atoms with Gasteiger partial charge in [-0.15, -0.1) is 0 Å². The number of aromatic nitrogens is 6. The van der Waals surface area contributed by atoms with Gasteiger partial charge in [0.2, 0.25) is 0 Å². The topological polar surface area (TPSA) is 89.7 Å². The smallest absolute Gasteiger partial charge is 0.329 e. The van der Waals surface area contributed by atoms with E-state index in [2.05, 4.69) is 25.0 Å². The van der Waals surface area contributed by atoms with Crippen molar-refractivity contribution < 1.29 is 22.4 Å². The van der Waals surface area contributed by atoms with Gasteiger partial charge in [0.25, 0.3) is 11.9 Å². The van der Waals surface area contributed by atoms with Gasteiger partial charge in [0, 0.05) is 31.3 Å². The van der Waals surface area contributed by atoms with Gasteiger partial charge in [0.15, 0.2) is 5.82 Å². The predicted octanol–water partition coefficient (Wildman–Crippen LogP) is 3.03. The van der Waals surface area contributed by atoms with Gasteiger partial charge in [0.05, 0.1) is 23.8 Å². The molecule has 1 unspecified atom stereocenters. The molecule has 0 aliphatic rings. The predicted molar refractivity (Wildman–Crippen MR) is 96.2 cm³/mol. The van der Waals surface area contributed by atoms with Crippen molar-refractivity contribution in [2.45, 2.75) is 25.6 Å². The molecule has 8 nitrogen and oxygen atoms in total. The summed E-state index contributed by atoms with van der Waals surface area (Å²) in [4.78, 5) is 30.1. The summed E-state index contributed by atoms with van der Waals surface area (Å²) in [5.41, 5.74) is -1.31. The molecule has 3 heterocycles. The number of carbonyl (C=O) groups is 1. The minimum Gasteiger partial charge on any atom is -0.329 e. The summed E-state index contributed by atoms with van der Waals surface area (Å²) in [5, 5.41) is 4.06.